The third-order valence-corrected chi connectivity index (χ3v) is 5.73. The normalized spacial score (nSPS) is 11.5. The molecule has 0 atom stereocenters. The van der Waals surface area contributed by atoms with Crippen LogP contribution in [-0.2, 0) is 16.4 Å². The summed E-state index contributed by atoms with van der Waals surface area (Å²) in [7, 11) is -3.39. The summed E-state index contributed by atoms with van der Waals surface area (Å²) < 4.78 is 28.1. The van der Waals surface area contributed by atoms with Crippen molar-refractivity contribution < 1.29 is 8.42 Å². The Balaban J connectivity index is 1.88. The highest BCUT2D eigenvalue weighted by molar-refractivity contribution is 14.1. The first-order valence-corrected chi connectivity index (χ1v) is 9.35. The van der Waals surface area contributed by atoms with Gasteiger partial charge >= 0.3 is 0 Å². The van der Waals surface area contributed by atoms with E-state index in [0.717, 1.165) is 18.4 Å². The molecule has 0 aliphatic heterocycles. The van der Waals surface area contributed by atoms with Gasteiger partial charge in [0.05, 0.1) is 4.90 Å². The number of nitrogens with one attached hydrogen (secondary N) is 1. The minimum Gasteiger partial charge on any atom is -0.211 e. The Morgan fingerprint density at radius 2 is 1.71 bits per heavy atom. The van der Waals surface area contributed by atoms with Crippen LogP contribution >= 0.6 is 22.6 Å². The molecule has 0 aliphatic carbocycles. The van der Waals surface area contributed by atoms with Gasteiger partial charge in [-0.05, 0) is 66.1 Å². The van der Waals surface area contributed by atoms with Crippen LogP contribution in [-0.4, -0.2) is 15.0 Å². The van der Waals surface area contributed by atoms with E-state index in [1.54, 1.807) is 24.3 Å². The summed E-state index contributed by atoms with van der Waals surface area (Å²) in [5.41, 5.74) is 2.31. The first-order valence-electron chi connectivity index (χ1n) is 6.79. The van der Waals surface area contributed by atoms with Gasteiger partial charge in [0.25, 0.3) is 0 Å². The Hall–Kier alpha value is -0.920. The number of halogens is 1. The van der Waals surface area contributed by atoms with Crippen molar-refractivity contribution in [1.82, 2.24) is 4.72 Å². The standard InChI is InChI=1S/C16H18INO2S/c1-13-8-10-15(11-9-13)21(19,20)18-12-4-6-14-5-2-3-7-16(14)17/h2-3,5,7-11,18H,4,6,12H2,1H3. The maximum atomic E-state index is 12.1. The molecule has 0 aromatic heterocycles. The molecule has 0 bridgehead atoms. The largest absolute Gasteiger partial charge is 0.240 e. The van der Waals surface area contributed by atoms with Gasteiger partial charge in [0, 0.05) is 10.1 Å². The molecule has 5 heteroatoms. The lowest BCUT2D eigenvalue weighted by atomic mass is 10.1. The van der Waals surface area contributed by atoms with Crippen molar-refractivity contribution in [2.24, 2.45) is 0 Å². The number of sulfonamides is 1. The lowest BCUT2D eigenvalue weighted by Gasteiger charge is -2.08. The zero-order valence-corrected chi connectivity index (χ0v) is 14.8. The van der Waals surface area contributed by atoms with Gasteiger partial charge in [-0.15, -0.1) is 0 Å². The van der Waals surface area contributed by atoms with Crippen molar-refractivity contribution in [3.63, 3.8) is 0 Å². The first kappa shape index (κ1) is 16.5. The zero-order valence-electron chi connectivity index (χ0n) is 11.8. The molecule has 0 unspecified atom stereocenters. The predicted molar refractivity (Wildman–Crippen MR) is 93.8 cm³/mol. The van der Waals surface area contributed by atoms with Gasteiger partial charge in [-0.3, -0.25) is 0 Å². The fourth-order valence-corrected chi connectivity index (χ4v) is 3.72. The Labute approximate surface area is 140 Å². The molecule has 3 nitrogen and oxygen atoms in total. The Kier molecular flexibility index (Phi) is 5.78. The van der Waals surface area contributed by atoms with Crippen LogP contribution in [0.5, 0.6) is 0 Å². The van der Waals surface area contributed by atoms with Gasteiger partial charge < -0.3 is 0 Å². The van der Waals surface area contributed by atoms with Crippen LogP contribution in [0.15, 0.2) is 53.4 Å². The lowest BCUT2D eigenvalue weighted by molar-refractivity contribution is 0.579. The van der Waals surface area contributed by atoms with E-state index in [2.05, 4.69) is 39.4 Å². The molecule has 0 fully saturated rings. The van der Waals surface area contributed by atoms with Crippen molar-refractivity contribution in [2.45, 2.75) is 24.7 Å². The van der Waals surface area contributed by atoms with Crippen LogP contribution in [0.4, 0.5) is 0 Å². The highest BCUT2D eigenvalue weighted by Gasteiger charge is 2.12. The molecule has 2 rings (SSSR count). The van der Waals surface area contributed by atoms with E-state index in [4.69, 9.17) is 0 Å². The van der Waals surface area contributed by atoms with Gasteiger partial charge in [-0.2, -0.15) is 0 Å². The second-order valence-electron chi connectivity index (χ2n) is 4.91. The summed E-state index contributed by atoms with van der Waals surface area (Å²) in [4.78, 5) is 0.322. The summed E-state index contributed by atoms with van der Waals surface area (Å²) in [6.07, 6.45) is 1.65. The molecular formula is C16H18INO2S. The number of hydrogen-bond acceptors (Lipinski definition) is 2. The van der Waals surface area contributed by atoms with Crippen LogP contribution in [0.1, 0.15) is 17.5 Å². The molecule has 2 aromatic carbocycles. The predicted octanol–water partition coefficient (Wildman–Crippen LogP) is 3.51. The van der Waals surface area contributed by atoms with E-state index in [1.165, 1.54) is 9.13 Å². The lowest BCUT2D eigenvalue weighted by Crippen LogP contribution is -2.25. The maximum Gasteiger partial charge on any atom is 0.240 e. The SMILES string of the molecule is Cc1ccc(S(=O)(=O)NCCCc2ccccc2I)cc1. The fourth-order valence-electron chi connectivity index (χ4n) is 1.99. The van der Waals surface area contributed by atoms with Gasteiger partial charge in [0.2, 0.25) is 10.0 Å². The van der Waals surface area contributed by atoms with E-state index in [1.807, 2.05) is 19.1 Å². The molecular weight excluding hydrogens is 397 g/mol. The molecule has 0 amide bonds. The van der Waals surface area contributed by atoms with E-state index in [0.29, 0.717) is 11.4 Å². The molecule has 0 heterocycles. The van der Waals surface area contributed by atoms with Gasteiger partial charge in [-0.1, -0.05) is 35.9 Å². The molecule has 1 N–H and O–H groups in total. The van der Waals surface area contributed by atoms with Gasteiger partial charge in [0.1, 0.15) is 0 Å². The van der Waals surface area contributed by atoms with Crippen molar-refractivity contribution >= 4 is 32.6 Å². The topological polar surface area (TPSA) is 46.2 Å². The van der Waals surface area contributed by atoms with Crippen molar-refractivity contribution in [1.29, 1.82) is 0 Å². The van der Waals surface area contributed by atoms with Crippen molar-refractivity contribution in [2.75, 3.05) is 6.54 Å². The molecule has 0 aliphatic rings. The van der Waals surface area contributed by atoms with Crippen LogP contribution in [0.25, 0.3) is 0 Å². The highest BCUT2D eigenvalue weighted by atomic mass is 127. The Morgan fingerprint density at radius 1 is 1.05 bits per heavy atom. The molecule has 0 saturated heterocycles. The first-order chi connectivity index (χ1) is 9.99. The summed E-state index contributed by atoms with van der Waals surface area (Å²) in [6, 6.07) is 15.0. The second kappa shape index (κ2) is 7.38. The summed E-state index contributed by atoms with van der Waals surface area (Å²) in [5, 5.41) is 0. The third kappa shape index (κ3) is 4.79. The molecule has 0 saturated carbocycles. The summed E-state index contributed by atoms with van der Waals surface area (Å²) >= 11 is 2.30. The van der Waals surface area contributed by atoms with Gasteiger partial charge in [-0.25, -0.2) is 13.1 Å². The van der Waals surface area contributed by atoms with Crippen LogP contribution < -0.4 is 4.72 Å². The molecule has 2 aromatic rings. The van der Waals surface area contributed by atoms with Crippen LogP contribution in [0, 0.1) is 10.5 Å². The quantitative estimate of drug-likeness (QED) is 0.580. The monoisotopic (exact) mass is 415 g/mol. The minimum atomic E-state index is -3.39. The van der Waals surface area contributed by atoms with E-state index >= 15 is 0 Å². The summed E-state index contributed by atoms with van der Waals surface area (Å²) in [6.45, 7) is 2.38. The second-order valence-corrected chi connectivity index (χ2v) is 7.83. The average molecular weight is 415 g/mol. The fraction of sp³-hybridized carbons (Fsp3) is 0.250. The van der Waals surface area contributed by atoms with Crippen LogP contribution in [0.3, 0.4) is 0 Å². The molecule has 112 valence electrons. The number of hydrogen-bond donors (Lipinski definition) is 1. The van der Waals surface area contributed by atoms with Crippen molar-refractivity contribution in [3.8, 4) is 0 Å². The number of rotatable bonds is 6. The van der Waals surface area contributed by atoms with Gasteiger partial charge in [0.15, 0.2) is 0 Å². The maximum absolute atomic E-state index is 12.1. The van der Waals surface area contributed by atoms with E-state index in [-0.39, 0.29) is 0 Å². The minimum absolute atomic E-state index is 0.322. The molecule has 21 heavy (non-hydrogen) atoms. The third-order valence-electron chi connectivity index (χ3n) is 3.20. The van der Waals surface area contributed by atoms with Crippen molar-refractivity contribution in [3.05, 3.63) is 63.2 Å². The Bertz CT molecular complexity index is 696. The average Bonchev–Trinajstić information content (AvgIpc) is 2.46. The van der Waals surface area contributed by atoms with Crippen LogP contribution in [0.2, 0.25) is 0 Å². The number of benzene rings is 2. The highest BCUT2D eigenvalue weighted by Crippen LogP contribution is 2.13. The van der Waals surface area contributed by atoms with E-state index < -0.39 is 10.0 Å². The smallest absolute Gasteiger partial charge is 0.211 e. The summed E-state index contributed by atoms with van der Waals surface area (Å²) in [5.74, 6) is 0. The van der Waals surface area contributed by atoms with E-state index in [9.17, 15) is 8.42 Å². The zero-order chi connectivity index (χ0) is 15.3. The molecule has 0 spiro atoms. The number of aryl methyl sites for hydroxylation is 2. The molecule has 0 radical (unpaired) electrons. The Morgan fingerprint density at radius 3 is 2.38 bits per heavy atom.